The van der Waals surface area contributed by atoms with E-state index in [0.29, 0.717) is 0 Å². The van der Waals surface area contributed by atoms with Crippen LogP contribution in [0.25, 0.3) is 66.3 Å². The number of hydrogen-bond donors (Lipinski definition) is 0. The summed E-state index contributed by atoms with van der Waals surface area (Å²) >= 11 is 0. The van der Waals surface area contributed by atoms with E-state index in [-0.39, 0.29) is 11.6 Å². The largest absolute Gasteiger partial charge is 0.308 e. The van der Waals surface area contributed by atoms with Crippen LogP contribution in [0.15, 0.2) is 140 Å². The summed E-state index contributed by atoms with van der Waals surface area (Å²) in [6.07, 6.45) is 1.94. The number of hydrogen-bond acceptors (Lipinski definition) is 1. The molecule has 0 N–H and O–H groups in total. The minimum absolute atomic E-state index is 0.283. The summed E-state index contributed by atoms with van der Waals surface area (Å²) in [5.41, 5.74) is 8.72. The predicted molar refractivity (Wildman–Crippen MR) is 166 cm³/mol. The van der Waals surface area contributed by atoms with Gasteiger partial charge in [-0.1, -0.05) is 60.7 Å². The lowest BCUT2D eigenvalue weighted by atomic mass is 9.97. The Kier molecular flexibility index (Phi) is 5.50. The molecule has 0 aliphatic carbocycles. The van der Waals surface area contributed by atoms with Gasteiger partial charge in [0.1, 0.15) is 11.6 Å². The van der Waals surface area contributed by atoms with E-state index in [1.54, 1.807) is 24.3 Å². The maximum Gasteiger partial charge on any atom is 0.123 e. The second-order valence-electron chi connectivity index (χ2n) is 10.4. The smallest absolute Gasteiger partial charge is 0.123 e. The van der Waals surface area contributed by atoms with E-state index in [2.05, 4.69) is 53.1 Å². The Bertz CT molecular complexity index is 2180. The molecule has 0 saturated heterocycles. The number of benzene rings is 6. The minimum Gasteiger partial charge on any atom is -0.308 e. The maximum atomic E-state index is 13.9. The summed E-state index contributed by atoms with van der Waals surface area (Å²) in [7, 11) is 0. The fourth-order valence-electron chi connectivity index (χ4n) is 5.96. The summed E-state index contributed by atoms with van der Waals surface area (Å²) in [4.78, 5) is 0. The number of halogens is 2. The summed E-state index contributed by atoms with van der Waals surface area (Å²) < 4.78 is 32.0. The van der Waals surface area contributed by atoms with Crippen molar-refractivity contribution in [2.24, 2.45) is 0 Å². The van der Waals surface area contributed by atoms with Gasteiger partial charge in [0.2, 0.25) is 0 Å². The number of fused-ring (bicyclic) bond motifs is 5. The Morgan fingerprint density at radius 1 is 0.452 bits per heavy atom. The van der Waals surface area contributed by atoms with Crippen molar-refractivity contribution in [2.45, 2.75) is 0 Å². The van der Waals surface area contributed by atoms with Gasteiger partial charge in [-0.15, -0.1) is 0 Å². The second kappa shape index (κ2) is 9.53. The van der Waals surface area contributed by atoms with E-state index >= 15 is 0 Å². The van der Waals surface area contributed by atoms with Gasteiger partial charge in [-0.25, -0.2) is 13.5 Å². The van der Waals surface area contributed by atoms with Crippen LogP contribution in [-0.2, 0) is 0 Å². The van der Waals surface area contributed by atoms with Gasteiger partial charge in [0, 0.05) is 21.8 Å². The molecule has 2 aromatic heterocycles. The van der Waals surface area contributed by atoms with Crippen molar-refractivity contribution in [2.75, 3.05) is 0 Å². The van der Waals surface area contributed by atoms with Gasteiger partial charge in [-0.3, -0.25) is 0 Å². The molecule has 200 valence electrons. The highest BCUT2D eigenvalue weighted by Gasteiger charge is 2.19. The lowest BCUT2D eigenvalue weighted by Crippen LogP contribution is -1.97. The molecule has 8 aromatic rings. The third kappa shape index (κ3) is 3.90. The number of nitrogens with zero attached hydrogens (tertiary/aromatic N) is 3. The monoisotopic (exact) mass is 547 g/mol. The number of para-hydroxylation sites is 2. The summed E-state index contributed by atoms with van der Waals surface area (Å²) in [6.45, 7) is 0. The molecular weight excluding hydrogens is 524 g/mol. The molecule has 6 aromatic carbocycles. The van der Waals surface area contributed by atoms with E-state index in [0.717, 1.165) is 66.3 Å². The molecule has 0 fully saturated rings. The molecule has 0 aliphatic heterocycles. The normalized spacial score (nSPS) is 11.6. The zero-order valence-corrected chi connectivity index (χ0v) is 22.4. The fourth-order valence-corrected chi connectivity index (χ4v) is 5.96. The highest BCUT2D eigenvalue weighted by atomic mass is 19.1. The highest BCUT2D eigenvalue weighted by molar-refractivity contribution is 6.18. The van der Waals surface area contributed by atoms with E-state index in [1.807, 2.05) is 47.3 Å². The quantitative estimate of drug-likeness (QED) is 0.215. The predicted octanol–water partition coefficient (Wildman–Crippen LogP) is 9.73. The lowest BCUT2D eigenvalue weighted by molar-refractivity contribution is 0.627. The zero-order valence-electron chi connectivity index (χ0n) is 22.4. The molecule has 42 heavy (non-hydrogen) atoms. The Hall–Kier alpha value is -5.55. The molecule has 0 spiro atoms. The van der Waals surface area contributed by atoms with E-state index in [9.17, 15) is 8.78 Å². The molecule has 0 unspecified atom stereocenters. The first kappa shape index (κ1) is 24.3. The van der Waals surface area contributed by atoms with Crippen molar-refractivity contribution in [3.63, 3.8) is 0 Å². The van der Waals surface area contributed by atoms with Crippen LogP contribution in [0.4, 0.5) is 8.78 Å². The third-order valence-electron chi connectivity index (χ3n) is 7.92. The van der Waals surface area contributed by atoms with Crippen LogP contribution in [0.2, 0.25) is 0 Å². The van der Waals surface area contributed by atoms with Crippen molar-refractivity contribution in [1.82, 2.24) is 14.3 Å². The molecule has 0 amide bonds. The standard InChI is InChI=1S/C37H23F2N3/c38-28-14-10-24(11-15-28)26-20-27(25-12-16-29(39)17-13-25)22-31(21-26)41-35-9-5-4-8-32(35)33-18-19-36-34(37(33)41)23-40-42(36)30-6-2-1-3-7-30/h1-23H. The van der Waals surface area contributed by atoms with Crippen molar-refractivity contribution < 1.29 is 8.78 Å². The van der Waals surface area contributed by atoms with Crippen molar-refractivity contribution >= 4 is 32.7 Å². The Labute approximate surface area is 240 Å². The molecule has 5 heteroatoms. The van der Waals surface area contributed by atoms with E-state index in [4.69, 9.17) is 5.10 Å². The SMILES string of the molecule is Fc1ccc(-c2cc(-c3ccc(F)cc3)cc(-n3c4ccccc4c4ccc5c(cnn5-c5ccccc5)c43)c2)cc1. The van der Waals surface area contributed by atoms with Gasteiger partial charge < -0.3 is 4.57 Å². The van der Waals surface area contributed by atoms with Gasteiger partial charge in [0.05, 0.1) is 28.4 Å². The molecule has 0 atom stereocenters. The van der Waals surface area contributed by atoms with E-state index < -0.39 is 0 Å². The number of aromatic nitrogens is 3. The molecule has 0 aliphatic rings. The molecule has 0 bridgehead atoms. The second-order valence-corrected chi connectivity index (χ2v) is 10.4. The number of rotatable bonds is 4. The average molecular weight is 548 g/mol. The summed E-state index contributed by atoms with van der Waals surface area (Å²) in [5, 5.41) is 8.09. The van der Waals surface area contributed by atoms with Crippen LogP contribution in [0.3, 0.4) is 0 Å². The first-order valence-electron chi connectivity index (χ1n) is 13.8. The molecular formula is C37H23F2N3. The summed E-state index contributed by atoms with van der Waals surface area (Å²) in [5.74, 6) is -0.567. The minimum atomic E-state index is -0.283. The first-order chi connectivity index (χ1) is 20.6. The zero-order chi connectivity index (χ0) is 28.2. The van der Waals surface area contributed by atoms with Crippen LogP contribution in [0.5, 0.6) is 0 Å². The molecule has 8 rings (SSSR count). The van der Waals surface area contributed by atoms with Gasteiger partial charge in [-0.2, -0.15) is 5.10 Å². The molecule has 3 nitrogen and oxygen atoms in total. The van der Waals surface area contributed by atoms with Crippen LogP contribution >= 0.6 is 0 Å². The van der Waals surface area contributed by atoms with Crippen LogP contribution in [-0.4, -0.2) is 14.3 Å². The molecule has 0 saturated carbocycles. The van der Waals surface area contributed by atoms with Crippen LogP contribution in [0, 0.1) is 11.6 Å². The highest BCUT2D eigenvalue weighted by Crippen LogP contribution is 2.39. The van der Waals surface area contributed by atoms with Crippen molar-refractivity contribution in [3.05, 3.63) is 151 Å². The molecule has 0 radical (unpaired) electrons. The van der Waals surface area contributed by atoms with Crippen molar-refractivity contribution in [1.29, 1.82) is 0 Å². The van der Waals surface area contributed by atoms with Gasteiger partial charge in [0.25, 0.3) is 0 Å². The average Bonchev–Trinajstić information content (AvgIpc) is 3.61. The van der Waals surface area contributed by atoms with Gasteiger partial charge in [-0.05, 0) is 95.1 Å². The van der Waals surface area contributed by atoms with Gasteiger partial charge >= 0.3 is 0 Å². The first-order valence-corrected chi connectivity index (χ1v) is 13.8. The van der Waals surface area contributed by atoms with Crippen LogP contribution < -0.4 is 0 Å². The van der Waals surface area contributed by atoms with Crippen LogP contribution in [0.1, 0.15) is 0 Å². The maximum absolute atomic E-state index is 13.9. The summed E-state index contributed by atoms with van der Waals surface area (Å²) in [6, 6.07) is 42.2. The Balaban J connectivity index is 1.46. The van der Waals surface area contributed by atoms with Crippen molar-refractivity contribution in [3.8, 4) is 33.6 Å². The third-order valence-corrected chi connectivity index (χ3v) is 7.92. The molecule has 2 heterocycles. The van der Waals surface area contributed by atoms with Gasteiger partial charge in [0.15, 0.2) is 0 Å². The topological polar surface area (TPSA) is 22.8 Å². The van der Waals surface area contributed by atoms with E-state index in [1.165, 1.54) is 24.3 Å². The Morgan fingerprint density at radius 2 is 1.07 bits per heavy atom. The Morgan fingerprint density at radius 3 is 1.74 bits per heavy atom. The lowest BCUT2D eigenvalue weighted by Gasteiger charge is -2.14. The fraction of sp³-hybridized carbons (Fsp3) is 0.